The van der Waals surface area contributed by atoms with E-state index >= 15 is 0 Å². The predicted octanol–water partition coefficient (Wildman–Crippen LogP) is 8.85. The van der Waals surface area contributed by atoms with Crippen LogP contribution in [-0.4, -0.2) is 73.4 Å². The van der Waals surface area contributed by atoms with Crippen molar-refractivity contribution in [2.24, 2.45) is 0 Å². The molecule has 0 radical (unpaired) electrons. The van der Waals surface area contributed by atoms with Crippen LogP contribution in [0.15, 0.2) is 12.2 Å². The Hall–Kier alpha value is -0.760. The summed E-state index contributed by atoms with van der Waals surface area (Å²) in [5.41, 5.74) is 0. The first kappa shape index (κ1) is 43.2. The number of amides is 1. The summed E-state index contributed by atoms with van der Waals surface area (Å²) in [4.78, 5) is 22.9. The number of likely N-dealkylation sites (N-methyl/N-ethyl adjacent to an activating group) is 1. The van der Waals surface area contributed by atoms with E-state index in [9.17, 15) is 19.4 Å². The average Bonchev–Trinajstić information content (AvgIpc) is 2.95. The van der Waals surface area contributed by atoms with Crippen molar-refractivity contribution in [3.8, 4) is 0 Å². The minimum atomic E-state index is -4.32. The number of hydrogen-bond donors (Lipinski definition) is 3. The molecule has 9 heteroatoms. The Bertz CT molecular complexity index is 743. The van der Waals surface area contributed by atoms with Gasteiger partial charge < -0.3 is 19.8 Å². The minimum Gasteiger partial charge on any atom is -0.387 e. The van der Waals surface area contributed by atoms with Crippen LogP contribution in [0.4, 0.5) is 0 Å². The van der Waals surface area contributed by atoms with E-state index in [2.05, 4.69) is 19.2 Å². The van der Waals surface area contributed by atoms with E-state index in [1.54, 1.807) is 6.08 Å². The second-order valence-electron chi connectivity index (χ2n) is 13.6. The first-order valence-corrected chi connectivity index (χ1v) is 19.6. The Morgan fingerprint density at radius 3 is 1.68 bits per heavy atom. The molecule has 262 valence electrons. The van der Waals surface area contributed by atoms with Crippen LogP contribution < -0.4 is 5.32 Å². The largest absolute Gasteiger partial charge is 0.472 e. The first-order valence-electron chi connectivity index (χ1n) is 18.1. The molecule has 0 fully saturated rings. The zero-order chi connectivity index (χ0) is 32.9. The fourth-order valence-electron chi connectivity index (χ4n) is 5.04. The quantitative estimate of drug-likeness (QED) is 0.0292. The maximum Gasteiger partial charge on any atom is 0.472 e. The lowest BCUT2D eigenvalue weighted by atomic mass is 10.0. The van der Waals surface area contributed by atoms with Gasteiger partial charge in [-0.15, -0.1) is 0 Å². The summed E-state index contributed by atoms with van der Waals surface area (Å²) in [5, 5.41) is 13.7. The molecular formula is C35H72N2O6P+. The van der Waals surface area contributed by atoms with Crippen LogP contribution in [0.2, 0.25) is 0 Å². The van der Waals surface area contributed by atoms with Crippen LogP contribution in [0.1, 0.15) is 155 Å². The molecule has 0 aliphatic carbocycles. The second kappa shape index (κ2) is 28.5. The van der Waals surface area contributed by atoms with E-state index in [4.69, 9.17) is 9.05 Å². The number of hydrogen-bond acceptors (Lipinski definition) is 5. The van der Waals surface area contributed by atoms with Crippen molar-refractivity contribution in [1.29, 1.82) is 0 Å². The highest BCUT2D eigenvalue weighted by Gasteiger charge is 2.27. The summed E-state index contributed by atoms with van der Waals surface area (Å²) in [6.07, 6.45) is 28.4. The molecule has 0 bridgehead atoms. The van der Waals surface area contributed by atoms with Crippen LogP contribution in [0, 0.1) is 0 Å². The number of aliphatic hydroxyl groups is 1. The number of rotatable bonds is 32. The topological polar surface area (TPSA) is 105 Å². The van der Waals surface area contributed by atoms with Crippen LogP contribution in [0.3, 0.4) is 0 Å². The molecule has 0 saturated carbocycles. The molecule has 8 nitrogen and oxygen atoms in total. The molecule has 3 unspecified atom stereocenters. The number of nitrogens with zero attached hydrogens (tertiary/aromatic N) is 1. The van der Waals surface area contributed by atoms with E-state index < -0.39 is 20.0 Å². The highest BCUT2D eigenvalue weighted by molar-refractivity contribution is 7.47. The van der Waals surface area contributed by atoms with Gasteiger partial charge in [0.2, 0.25) is 5.91 Å². The number of aliphatic hydroxyl groups excluding tert-OH is 1. The monoisotopic (exact) mass is 648 g/mol. The summed E-state index contributed by atoms with van der Waals surface area (Å²) in [7, 11) is 1.57. The number of nitrogens with one attached hydrogen (secondary N) is 1. The average molecular weight is 648 g/mol. The third kappa shape index (κ3) is 29.9. The molecule has 0 aromatic rings. The van der Waals surface area contributed by atoms with E-state index in [-0.39, 0.29) is 19.1 Å². The van der Waals surface area contributed by atoms with Gasteiger partial charge >= 0.3 is 7.82 Å². The Labute approximate surface area is 272 Å². The Kier molecular flexibility index (Phi) is 28.0. The number of unbranched alkanes of at least 4 members (excludes halogenated alkanes) is 19. The van der Waals surface area contributed by atoms with Crippen LogP contribution >= 0.6 is 7.82 Å². The van der Waals surface area contributed by atoms with Gasteiger partial charge in [0.1, 0.15) is 13.2 Å². The smallest absolute Gasteiger partial charge is 0.387 e. The Morgan fingerprint density at radius 1 is 0.750 bits per heavy atom. The van der Waals surface area contributed by atoms with Gasteiger partial charge in [0.15, 0.2) is 0 Å². The molecule has 3 N–H and O–H groups in total. The van der Waals surface area contributed by atoms with E-state index in [0.29, 0.717) is 17.4 Å². The van der Waals surface area contributed by atoms with Gasteiger partial charge in [-0.2, -0.15) is 0 Å². The Morgan fingerprint density at radius 2 is 1.20 bits per heavy atom. The summed E-state index contributed by atoms with van der Waals surface area (Å²) in [6, 6.07) is -0.836. The number of carbonyl (C=O) groups is 1. The molecule has 0 rings (SSSR count). The predicted molar refractivity (Wildman–Crippen MR) is 185 cm³/mol. The number of quaternary nitrogens is 1. The summed E-state index contributed by atoms with van der Waals surface area (Å²) >= 11 is 0. The van der Waals surface area contributed by atoms with Crippen molar-refractivity contribution in [2.75, 3.05) is 40.9 Å². The summed E-state index contributed by atoms with van der Waals surface area (Å²) < 4.78 is 23.4. The molecular weight excluding hydrogens is 575 g/mol. The zero-order valence-electron chi connectivity index (χ0n) is 29.4. The van der Waals surface area contributed by atoms with Crippen molar-refractivity contribution in [1.82, 2.24) is 5.32 Å². The van der Waals surface area contributed by atoms with E-state index in [1.165, 1.54) is 96.3 Å². The molecule has 0 aromatic carbocycles. The third-order valence-electron chi connectivity index (χ3n) is 8.01. The van der Waals surface area contributed by atoms with Gasteiger partial charge in [-0.1, -0.05) is 142 Å². The lowest BCUT2D eigenvalue weighted by Crippen LogP contribution is -2.45. The molecule has 1 amide bonds. The Balaban J connectivity index is 4.56. The van der Waals surface area contributed by atoms with Gasteiger partial charge in [0, 0.05) is 6.42 Å². The molecule has 0 saturated heterocycles. The maximum absolute atomic E-state index is 12.7. The molecule has 0 spiro atoms. The van der Waals surface area contributed by atoms with Gasteiger partial charge in [-0.3, -0.25) is 13.8 Å². The van der Waals surface area contributed by atoms with Gasteiger partial charge in [0.25, 0.3) is 0 Å². The van der Waals surface area contributed by atoms with Gasteiger partial charge in [-0.05, 0) is 19.3 Å². The van der Waals surface area contributed by atoms with Crippen molar-refractivity contribution < 1.29 is 32.9 Å². The van der Waals surface area contributed by atoms with Crippen LogP contribution in [0.5, 0.6) is 0 Å². The molecule has 0 aliphatic heterocycles. The molecule has 0 heterocycles. The van der Waals surface area contributed by atoms with Crippen molar-refractivity contribution in [3.63, 3.8) is 0 Å². The molecule has 44 heavy (non-hydrogen) atoms. The standard InChI is InChI=1S/C35H71N2O6P/c1-6-8-10-12-14-16-18-19-21-23-25-27-29-35(39)36-33(32-43-44(40,41)42-31-30-37(3,4)5)34(38)28-26-24-22-20-17-15-13-11-9-7-2/h26,28,33-34,38H,6-25,27,29-32H2,1-5H3,(H-,36,39,40,41)/p+1/b28-26+. The molecule has 0 aliphatic rings. The van der Waals surface area contributed by atoms with Crippen molar-refractivity contribution in [3.05, 3.63) is 12.2 Å². The lowest BCUT2D eigenvalue weighted by molar-refractivity contribution is -0.870. The van der Waals surface area contributed by atoms with Crippen molar-refractivity contribution >= 4 is 13.7 Å². The van der Waals surface area contributed by atoms with E-state index in [0.717, 1.165) is 38.5 Å². The minimum absolute atomic E-state index is 0.0638. The lowest BCUT2D eigenvalue weighted by Gasteiger charge is -2.25. The van der Waals surface area contributed by atoms with E-state index in [1.807, 2.05) is 27.2 Å². The second-order valence-corrected chi connectivity index (χ2v) is 15.1. The number of phosphoric ester groups is 1. The molecule has 0 aromatic heterocycles. The first-order chi connectivity index (χ1) is 21.0. The third-order valence-corrected chi connectivity index (χ3v) is 8.99. The summed E-state index contributed by atoms with van der Waals surface area (Å²) in [6.45, 7) is 4.77. The normalized spacial score (nSPS) is 15.0. The maximum atomic E-state index is 12.7. The number of allylic oxidation sites excluding steroid dienone is 1. The van der Waals surface area contributed by atoms with Gasteiger partial charge in [-0.25, -0.2) is 4.57 Å². The highest BCUT2D eigenvalue weighted by atomic mass is 31.2. The van der Waals surface area contributed by atoms with Crippen molar-refractivity contribution in [2.45, 2.75) is 167 Å². The summed E-state index contributed by atoms with van der Waals surface area (Å²) in [5.74, 6) is -0.181. The number of phosphoric acid groups is 1. The highest BCUT2D eigenvalue weighted by Crippen LogP contribution is 2.43. The van der Waals surface area contributed by atoms with Gasteiger partial charge in [0.05, 0.1) is 39.9 Å². The number of carbonyl (C=O) groups excluding carboxylic acids is 1. The van der Waals surface area contributed by atoms with Crippen LogP contribution in [-0.2, 0) is 18.4 Å². The SMILES string of the molecule is CCCCCCCCCC/C=C/C(O)C(COP(=O)(O)OCC[N+](C)(C)C)NC(=O)CCCCCCCCCCCCCC. The van der Waals surface area contributed by atoms with Crippen LogP contribution in [0.25, 0.3) is 0 Å². The molecule has 3 atom stereocenters. The fourth-order valence-corrected chi connectivity index (χ4v) is 5.77. The zero-order valence-corrected chi connectivity index (χ0v) is 30.3. The fraction of sp³-hybridized carbons (Fsp3) is 0.914.